The smallest absolute Gasteiger partial charge is 0.266 e. The Morgan fingerprint density at radius 1 is 0.909 bits per heavy atom. The van der Waals surface area contributed by atoms with Crippen molar-refractivity contribution in [1.29, 1.82) is 0 Å². The van der Waals surface area contributed by atoms with Crippen molar-refractivity contribution in [3.05, 3.63) is 52.6 Å². The standard InChI is InChI=1S/C26H29F2NO2S2/c27-21-14-12-18(16-22(21)28)23-15-13-20(31-23)17-24-25(30)29(26(32)33-24)19-10-8-6-4-2-1-3-5-7-9-11-19/h12-17,19H,1-11H2. The summed E-state index contributed by atoms with van der Waals surface area (Å²) < 4.78 is 33.2. The molecule has 2 fully saturated rings. The lowest BCUT2D eigenvalue weighted by atomic mass is 9.97. The molecule has 0 N–H and O–H groups in total. The molecule has 0 spiro atoms. The van der Waals surface area contributed by atoms with E-state index in [9.17, 15) is 13.6 Å². The monoisotopic (exact) mass is 489 g/mol. The minimum Gasteiger partial charge on any atom is -0.457 e. The van der Waals surface area contributed by atoms with Gasteiger partial charge in [-0.1, -0.05) is 81.8 Å². The zero-order valence-corrected chi connectivity index (χ0v) is 20.3. The summed E-state index contributed by atoms with van der Waals surface area (Å²) in [6.07, 6.45) is 14.8. The lowest BCUT2D eigenvalue weighted by Gasteiger charge is -2.27. The molecule has 1 aromatic heterocycles. The molecule has 7 heteroatoms. The van der Waals surface area contributed by atoms with E-state index < -0.39 is 11.6 Å². The summed E-state index contributed by atoms with van der Waals surface area (Å²) in [5.41, 5.74) is 0.439. The SMILES string of the molecule is O=C1C(=Cc2ccc(-c3ccc(F)c(F)c3)o2)SC(=S)N1C1CCCCCCCCCCC1. The van der Waals surface area contributed by atoms with E-state index in [0.717, 1.165) is 37.8 Å². The van der Waals surface area contributed by atoms with E-state index in [1.807, 2.05) is 4.90 Å². The van der Waals surface area contributed by atoms with Crippen molar-refractivity contribution in [2.75, 3.05) is 0 Å². The zero-order chi connectivity index (χ0) is 23.2. The maximum absolute atomic E-state index is 13.6. The molecule has 0 atom stereocenters. The van der Waals surface area contributed by atoms with Crippen LogP contribution in [0.3, 0.4) is 0 Å². The predicted octanol–water partition coefficient (Wildman–Crippen LogP) is 8.10. The molecule has 2 aliphatic rings. The van der Waals surface area contributed by atoms with Crippen LogP contribution in [0.2, 0.25) is 0 Å². The van der Waals surface area contributed by atoms with E-state index in [1.165, 1.54) is 62.8 Å². The third-order valence-electron chi connectivity index (χ3n) is 6.37. The Morgan fingerprint density at radius 3 is 2.18 bits per heavy atom. The van der Waals surface area contributed by atoms with Crippen molar-refractivity contribution in [1.82, 2.24) is 4.90 Å². The van der Waals surface area contributed by atoms with Crippen LogP contribution in [0.1, 0.15) is 76.4 Å². The number of amides is 1. The second-order valence-electron chi connectivity index (χ2n) is 8.80. The molecule has 3 nitrogen and oxygen atoms in total. The molecule has 0 radical (unpaired) electrons. The Balaban J connectivity index is 1.47. The minimum atomic E-state index is -0.927. The fourth-order valence-electron chi connectivity index (χ4n) is 4.56. The summed E-state index contributed by atoms with van der Waals surface area (Å²) in [6, 6.07) is 7.19. The molecule has 2 heterocycles. The van der Waals surface area contributed by atoms with E-state index in [4.69, 9.17) is 16.6 Å². The number of hydrogen-bond donors (Lipinski definition) is 0. The molecule has 1 aromatic carbocycles. The summed E-state index contributed by atoms with van der Waals surface area (Å²) in [5.74, 6) is -0.999. The van der Waals surface area contributed by atoms with Crippen molar-refractivity contribution < 1.29 is 18.0 Å². The molecule has 1 saturated carbocycles. The summed E-state index contributed by atoms with van der Waals surface area (Å²) >= 11 is 6.91. The highest BCUT2D eigenvalue weighted by atomic mass is 32.2. The lowest BCUT2D eigenvalue weighted by molar-refractivity contribution is -0.123. The van der Waals surface area contributed by atoms with Gasteiger partial charge in [-0.15, -0.1) is 0 Å². The third-order valence-corrected chi connectivity index (χ3v) is 7.70. The maximum Gasteiger partial charge on any atom is 0.266 e. The van der Waals surface area contributed by atoms with E-state index in [0.29, 0.717) is 26.3 Å². The second kappa shape index (κ2) is 11.4. The zero-order valence-electron chi connectivity index (χ0n) is 18.7. The summed E-state index contributed by atoms with van der Waals surface area (Å²) in [6.45, 7) is 0. The van der Waals surface area contributed by atoms with Crippen LogP contribution in [0.15, 0.2) is 39.7 Å². The van der Waals surface area contributed by atoms with Crippen LogP contribution >= 0.6 is 24.0 Å². The van der Waals surface area contributed by atoms with Crippen LogP contribution in [-0.2, 0) is 4.79 Å². The number of carbonyl (C=O) groups is 1. The van der Waals surface area contributed by atoms with Gasteiger partial charge in [-0.25, -0.2) is 8.78 Å². The van der Waals surface area contributed by atoms with Gasteiger partial charge in [-0.3, -0.25) is 9.69 Å². The van der Waals surface area contributed by atoms with Gasteiger partial charge in [0.1, 0.15) is 15.8 Å². The first-order chi connectivity index (χ1) is 16.0. The van der Waals surface area contributed by atoms with Crippen molar-refractivity contribution in [2.45, 2.75) is 76.7 Å². The Morgan fingerprint density at radius 2 is 1.55 bits per heavy atom. The number of thiocarbonyl (C=S) groups is 1. The van der Waals surface area contributed by atoms with Crippen LogP contribution in [0.25, 0.3) is 17.4 Å². The number of furan rings is 1. The topological polar surface area (TPSA) is 33.5 Å². The van der Waals surface area contributed by atoms with Gasteiger partial charge in [0.25, 0.3) is 5.91 Å². The number of benzene rings is 1. The summed E-state index contributed by atoms with van der Waals surface area (Å²) in [4.78, 5) is 15.6. The van der Waals surface area contributed by atoms with Gasteiger partial charge < -0.3 is 4.42 Å². The largest absolute Gasteiger partial charge is 0.457 e. The first-order valence-electron chi connectivity index (χ1n) is 11.9. The highest BCUT2D eigenvalue weighted by Crippen LogP contribution is 2.37. The molecule has 1 amide bonds. The Bertz CT molecular complexity index is 1020. The molecule has 1 saturated heterocycles. The fourth-order valence-corrected chi connectivity index (χ4v) is 5.94. The lowest BCUT2D eigenvalue weighted by Crippen LogP contribution is -2.38. The molecule has 4 rings (SSSR count). The van der Waals surface area contributed by atoms with E-state index >= 15 is 0 Å². The molecule has 1 aliphatic heterocycles. The summed E-state index contributed by atoms with van der Waals surface area (Å²) in [5, 5.41) is 0. The Kier molecular flexibility index (Phi) is 8.36. The Labute approximate surface area is 203 Å². The highest BCUT2D eigenvalue weighted by Gasteiger charge is 2.36. The average Bonchev–Trinajstić information content (AvgIpc) is 3.35. The molecular weight excluding hydrogens is 460 g/mol. The molecule has 33 heavy (non-hydrogen) atoms. The minimum absolute atomic E-state index is 0.0622. The van der Waals surface area contributed by atoms with Gasteiger partial charge >= 0.3 is 0 Å². The number of rotatable bonds is 3. The first-order valence-corrected chi connectivity index (χ1v) is 13.1. The average molecular weight is 490 g/mol. The molecule has 0 bridgehead atoms. The number of hydrogen-bond acceptors (Lipinski definition) is 4. The third kappa shape index (κ3) is 6.12. The molecule has 0 unspecified atom stereocenters. The molecular formula is C26H29F2NO2S2. The van der Waals surface area contributed by atoms with Gasteiger partial charge in [0.2, 0.25) is 0 Å². The van der Waals surface area contributed by atoms with E-state index in [-0.39, 0.29) is 11.9 Å². The van der Waals surface area contributed by atoms with Crippen molar-refractivity contribution >= 4 is 40.3 Å². The molecule has 1 aliphatic carbocycles. The number of halogens is 2. The van der Waals surface area contributed by atoms with Crippen LogP contribution < -0.4 is 0 Å². The number of carbonyl (C=O) groups excluding carboxylic acids is 1. The number of thioether (sulfide) groups is 1. The van der Waals surface area contributed by atoms with Gasteiger partial charge in [-0.05, 0) is 43.2 Å². The Hall–Kier alpha value is -1.99. The number of nitrogens with zero attached hydrogens (tertiary/aromatic N) is 1. The van der Waals surface area contributed by atoms with Gasteiger partial charge in [0.05, 0.1) is 4.91 Å². The van der Waals surface area contributed by atoms with E-state index in [1.54, 1.807) is 18.2 Å². The maximum atomic E-state index is 13.6. The molecule has 2 aromatic rings. The van der Waals surface area contributed by atoms with E-state index in [2.05, 4.69) is 0 Å². The highest BCUT2D eigenvalue weighted by molar-refractivity contribution is 8.26. The molecule has 176 valence electrons. The van der Waals surface area contributed by atoms with Crippen LogP contribution in [0.5, 0.6) is 0 Å². The van der Waals surface area contributed by atoms with Crippen LogP contribution in [0.4, 0.5) is 8.78 Å². The van der Waals surface area contributed by atoms with Gasteiger partial charge in [0, 0.05) is 17.7 Å². The van der Waals surface area contributed by atoms with Gasteiger partial charge in [0.15, 0.2) is 11.6 Å². The normalized spacial score (nSPS) is 20.8. The quantitative estimate of drug-likeness (QED) is 0.322. The van der Waals surface area contributed by atoms with Gasteiger partial charge in [-0.2, -0.15) is 0 Å². The fraction of sp³-hybridized carbons (Fsp3) is 0.462. The van der Waals surface area contributed by atoms with Crippen LogP contribution in [-0.4, -0.2) is 21.2 Å². The summed E-state index contributed by atoms with van der Waals surface area (Å²) in [7, 11) is 0. The van der Waals surface area contributed by atoms with Crippen LogP contribution in [0, 0.1) is 11.6 Å². The van der Waals surface area contributed by atoms with Crippen molar-refractivity contribution in [2.24, 2.45) is 0 Å². The van der Waals surface area contributed by atoms with Crippen molar-refractivity contribution in [3.63, 3.8) is 0 Å². The van der Waals surface area contributed by atoms with Crippen molar-refractivity contribution in [3.8, 4) is 11.3 Å². The first kappa shape index (κ1) is 24.1. The second-order valence-corrected chi connectivity index (χ2v) is 10.5. The predicted molar refractivity (Wildman–Crippen MR) is 134 cm³/mol.